The second-order valence-corrected chi connectivity index (χ2v) is 5.55. The van der Waals surface area contributed by atoms with Gasteiger partial charge in [-0.15, -0.1) is 0 Å². The number of hydrogen-bond acceptors (Lipinski definition) is 5. The molecular weight excluding hydrogens is 272 g/mol. The van der Waals surface area contributed by atoms with Gasteiger partial charge in [-0.25, -0.2) is 4.79 Å². The lowest BCUT2D eigenvalue weighted by molar-refractivity contribution is -0.171. The lowest BCUT2D eigenvalue weighted by atomic mass is 10.1. The molecule has 116 valence electrons. The predicted octanol–water partition coefficient (Wildman–Crippen LogP) is 2.02. The van der Waals surface area contributed by atoms with Crippen LogP contribution in [0.2, 0.25) is 0 Å². The van der Waals surface area contributed by atoms with Crippen molar-refractivity contribution in [1.29, 1.82) is 0 Å². The largest absolute Gasteiger partial charge is 0.459 e. The van der Waals surface area contributed by atoms with E-state index in [9.17, 15) is 4.79 Å². The Kier molecular flexibility index (Phi) is 5.33. The van der Waals surface area contributed by atoms with Crippen LogP contribution in [0.1, 0.15) is 32.3 Å². The summed E-state index contributed by atoms with van der Waals surface area (Å²) in [5.41, 5.74) is 0.927. The number of rotatable bonds is 6. The highest BCUT2D eigenvalue weighted by Crippen LogP contribution is 2.31. The molecule has 0 spiro atoms. The van der Waals surface area contributed by atoms with Crippen molar-refractivity contribution in [1.82, 2.24) is 0 Å². The number of aliphatic hydroxyl groups is 1. The van der Waals surface area contributed by atoms with Crippen molar-refractivity contribution in [3.8, 4) is 0 Å². The van der Waals surface area contributed by atoms with Crippen LogP contribution in [-0.4, -0.2) is 35.7 Å². The highest BCUT2D eigenvalue weighted by Gasteiger charge is 2.45. The van der Waals surface area contributed by atoms with Gasteiger partial charge in [-0.1, -0.05) is 30.3 Å². The van der Waals surface area contributed by atoms with Gasteiger partial charge in [-0.05, 0) is 32.3 Å². The van der Waals surface area contributed by atoms with Gasteiger partial charge in [-0.3, -0.25) is 0 Å². The maximum atomic E-state index is 12.2. The van der Waals surface area contributed by atoms with Crippen LogP contribution >= 0.6 is 0 Å². The molecule has 5 nitrogen and oxygen atoms in total. The number of benzene rings is 1. The Morgan fingerprint density at radius 1 is 1.29 bits per heavy atom. The molecule has 1 fully saturated rings. The number of hydrogen-bond donors (Lipinski definition) is 1. The molecule has 1 saturated heterocycles. The van der Waals surface area contributed by atoms with Gasteiger partial charge in [-0.2, -0.15) is 0 Å². The van der Waals surface area contributed by atoms with E-state index < -0.39 is 17.9 Å². The van der Waals surface area contributed by atoms with Crippen molar-refractivity contribution in [3.63, 3.8) is 0 Å². The third-order valence-corrected chi connectivity index (χ3v) is 3.29. The first-order chi connectivity index (χ1) is 10.0. The van der Waals surface area contributed by atoms with E-state index in [1.807, 2.05) is 30.3 Å². The zero-order valence-corrected chi connectivity index (χ0v) is 12.5. The fourth-order valence-corrected chi connectivity index (χ4v) is 2.35. The zero-order chi connectivity index (χ0) is 15.3. The van der Waals surface area contributed by atoms with Gasteiger partial charge in [0.05, 0.1) is 6.10 Å². The van der Waals surface area contributed by atoms with E-state index in [0.717, 1.165) is 5.56 Å². The fraction of sp³-hybridized carbons (Fsp3) is 0.562. The highest BCUT2D eigenvalue weighted by molar-refractivity contribution is 5.75. The predicted molar refractivity (Wildman–Crippen MR) is 76.4 cm³/mol. The van der Waals surface area contributed by atoms with Crippen LogP contribution in [0.25, 0.3) is 0 Å². The minimum Gasteiger partial charge on any atom is -0.459 e. The van der Waals surface area contributed by atoms with Crippen LogP contribution in [0.3, 0.4) is 0 Å². The SMILES string of the molecule is CC1(C)OC(CCCO)C(C(=O)OCc2ccccc2)O1. The molecule has 0 radical (unpaired) electrons. The molecular formula is C16H22O5. The van der Waals surface area contributed by atoms with Crippen molar-refractivity contribution in [3.05, 3.63) is 35.9 Å². The Hall–Kier alpha value is -1.43. The van der Waals surface area contributed by atoms with Crippen molar-refractivity contribution < 1.29 is 24.1 Å². The smallest absolute Gasteiger partial charge is 0.338 e. The Morgan fingerprint density at radius 2 is 2.00 bits per heavy atom. The molecule has 1 aromatic rings. The Balaban J connectivity index is 1.92. The molecule has 2 rings (SSSR count). The Bertz CT molecular complexity index is 457. The third kappa shape index (κ3) is 4.52. The quantitative estimate of drug-likeness (QED) is 0.813. The first-order valence-corrected chi connectivity index (χ1v) is 7.19. The monoisotopic (exact) mass is 294 g/mol. The van der Waals surface area contributed by atoms with E-state index in [-0.39, 0.29) is 19.3 Å². The lowest BCUT2D eigenvalue weighted by Gasteiger charge is -2.16. The molecule has 0 aromatic heterocycles. The van der Waals surface area contributed by atoms with Crippen LogP contribution in [0.4, 0.5) is 0 Å². The Labute approximate surface area is 124 Å². The summed E-state index contributed by atoms with van der Waals surface area (Å²) in [6, 6.07) is 9.49. The first kappa shape index (κ1) is 15.9. The van der Waals surface area contributed by atoms with Crippen LogP contribution in [-0.2, 0) is 25.6 Å². The Morgan fingerprint density at radius 3 is 2.67 bits per heavy atom. The van der Waals surface area contributed by atoms with Gasteiger partial charge < -0.3 is 19.3 Å². The highest BCUT2D eigenvalue weighted by atomic mass is 16.8. The first-order valence-electron chi connectivity index (χ1n) is 7.19. The van der Waals surface area contributed by atoms with Gasteiger partial charge in [0.2, 0.25) is 0 Å². The summed E-state index contributed by atoms with van der Waals surface area (Å²) in [6.07, 6.45) is 0.00289. The molecule has 1 N–H and O–H groups in total. The number of esters is 1. The summed E-state index contributed by atoms with van der Waals surface area (Å²) >= 11 is 0. The molecule has 21 heavy (non-hydrogen) atoms. The maximum absolute atomic E-state index is 12.2. The van der Waals surface area contributed by atoms with E-state index >= 15 is 0 Å². The molecule has 0 bridgehead atoms. The normalized spacial score (nSPS) is 24.0. The van der Waals surface area contributed by atoms with Crippen molar-refractivity contribution >= 4 is 5.97 Å². The van der Waals surface area contributed by atoms with E-state index in [2.05, 4.69) is 0 Å². The van der Waals surface area contributed by atoms with Crippen LogP contribution < -0.4 is 0 Å². The van der Waals surface area contributed by atoms with Gasteiger partial charge in [0.15, 0.2) is 11.9 Å². The van der Waals surface area contributed by atoms with Crippen molar-refractivity contribution in [2.24, 2.45) is 0 Å². The van der Waals surface area contributed by atoms with Gasteiger partial charge in [0, 0.05) is 6.61 Å². The molecule has 1 aliphatic heterocycles. The van der Waals surface area contributed by atoms with Crippen LogP contribution in [0.15, 0.2) is 30.3 Å². The maximum Gasteiger partial charge on any atom is 0.338 e. The molecule has 5 heteroatoms. The number of carbonyl (C=O) groups excluding carboxylic acids is 1. The minimum absolute atomic E-state index is 0.0616. The van der Waals surface area contributed by atoms with Crippen LogP contribution in [0.5, 0.6) is 0 Å². The molecule has 2 unspecified atom stereocenters. The van der Waals surface area contributed by atoms with Crippen LogP contribution in [0, 0.1) is 0 Å². The third-order valence-electron chi connectivity index (χ3n) is 3.29. The van der Waals surface area contributed by atoms with Gasteiger partial charge >= 0.3 is 5.97 Å². The summed E-state index contributed by atoms with van der Waals surface area (Å²) in [5.74, 6) is -1.23. The fourth-order valence-electron chi connectivity index (χ4n) is 2.35. The number of ether oxygens (including phenoxy) is 3. The molecule has 1 aliphatic rings. The molecule has 1 aromatic carbocycles. The summed E-state index contributed by atoms with van der Waals surface area (Å²) in [6.45, 7) is 3.81. The molecule has 2 atom stereocenters. The summed E-state index contributed by atoms with van der Waals surface area (Å²) in [7, 11) is 0. The van der Waals surface area contributed by atoms with E-state index in [4.69, 9.17) is 19.3 Å². The zero-order valence-electron chi connectivity index (χ0n) is 12.5. The minimum atomic E-state index is -0.809. The number of aliphatic hydroxyl groups excluding tert-OH is 1. The topological polar surface area (TPSA) is 65.0 Å². The van der Waals surface area contributed by atoms with Crippen molar-refractivity contribution in [2.45, 2.75) is 51.3 Å². The molecule has 0 saturated carbocycles. The summed E-state index contributed by atoms with van der Waals surface area (Å²) in [5, 5.41) is 8.92. The lowest BCUT2D eigenvalue weighted by Crippen LogP contribution is -2.33. The van der Waals surface area contributed by atoms with E-state index in [1.54, 1.807) is 13.8 Å². The van der Waals surface area contributed by atoms with Gasteiger partial charge in [0.25, 0.3) is 0 Å². The van der Waals surface area contributed by atoms with E-state index in [0.29, 0.717) is 12.8 Å². The van der Waals surface area contributed by atoms with Crippen molar-refractivity contribution in [2.75, 3.05) is 6.61 Å². The van der Waals surface area contributed by atoms with E-state index in [1.165, 1.54) is 0 Å². The standard InChI is InChI=1S/C16H22O5/c1-16(2)20-13(9-6-10-17)14(21-16)15(18)19-11-12-7-4-3-5-8-12/h3-5,7-8,13-14,17H,6,9-11H2,1-2H3. The molecule has 0 aliphatic carbocycles. The van der Waals surface area contributed by atoms with Gasteiger partial charge in [0.1, 0.15) is 6.61 Å². The molecule has 0 amide bonds. The molecule has 1 heterocycles. The number of carbonyl (C=O) groups is 1. The summed E-state index contributed by atoms with van der Waals surface area (Å²) in [4.78, 5) is 12.2. The second-order valence-electron chi connectivity index (χ2n) is 5.55. The second kappa shape index (κ2) is 7.02. The summed E-state index contributed by atoms with van der Waals surface area (Å²) < 4.78 is 16.6. The average molecular weight is 294 g/mol. The average Bonchev–Trinajstić information content (AvgIpc) is 2.79.